The molecule has 0 unspecified atom stereocenters. The molecule has 0 amide bonds. The van der Waals surface area contributed by atoms with E-state index in [0.717, 1.165) is 16.9 Å². The summed E-state index contributed by atoms with van der Waals surface area (Å²) in [5.41, 5.74) is 2.14. The van der Waals surface area contributed by atoms with Crippen molar-refractivity contribution in [2.45, 2.75) is 0 Å². The van der Waals surface area contributed by atoms with Crippen LogP contribution in [-0.2, 0) is 0 Å². The van der Waals surface area contributed by atoms with Crippen molar-refractivity contribution in [1.29, 1.82) is 0 Å². The first-order valence-electron chi connectivity index (χ1n) is 4.52. The van der Waals surface area contributed by atoms with Crippen molar-refractivity contribution < 1.29 is 23.6 Å². The predicted octanol–water partition coefficient (Wildman–Crippen LogP) is 0.166. The van der Waals surface area contributed by atoms with Gasteiger partial charge >= 0.3 is 18.9 Å². The number of para-hydroxylation sites is 1. The smallest absolute Gasteiger partial charge is 0.506 e. The van der Waals surface area contributed by atoms with Crippen molar-refractivity contribution in [3.8, 4) is 16.9 Å². The molecule has 0 aliphatic rings. The minimum Gasteiger partial charge on any atom is -0.506 e. The van der Waals surface area contributed by atoms with Gasteiger partial charge in [-0.3, -0.25) is 0 Å². The zero-order valence-corrected chi connectivity index (χ0v) is 9.03. The Morgan fingerprint density at radius 2 is 1.73 bits per heavy atom. The molecule has 0 aliphatic carbocycles. The van der Waals surface area contributed by atoms with Gasteiger partial charge in [0.2, 0.25) is 0 Å². The molecule has 0 heterocycles. The van der Waals surface area contributed by atoms with Crippen LogP contribution >= 0.6 is 0 Å². The monoisotopic (exact) mass is 190 g/mol. The maximum Gasteiger partial charge on any atom is 1.00 e. The normalized spacial score (nSPS) is 9.13. The molecule has 0 atom stereocenters. The molecule has 2 aromatic rings. The summed E-state index contributed by atoms with van der Waals surface area (Å²) in [6, 6.07) is 19.0. The molecule has 0 N–H and O–H groups in total. The molecule has 0 aliphatic heterocycles. The summed E-state index contributed by atoms with van der Waals surface area (Å²) in [7, 11) is 1.68. The summed E-state index contributed by atoms with van der Waals surface area (Å²) in [5.74, 6) is 0.884. The number of hydrogen-bond acceptors (Lipinski definition) is 1. The van der Waals surface area contributed by atoms with Crippen molar-refractivity contribution >= 4 is 0 Å². The first-order chi connectivity index (χ1) is 6.92. The van der Waals surface area contributed by atoms with Gasteiger partial charge in [-0.05, 0) is 6.07 Å². The molecule has 15 heavy (non-hydrogen) atoms. The molecule has 0 saturated heterocycles. The second-order valence-corrected chi connectivity index (χ2v) is 2.98. The minimum atomic E-state index is 0. The van der Waals surface area contributed by atoms with Crippen LogP contribution in [-0.4, -0.2) is 7.11 Å². The quantitative estimate of drug-likeness (QED) is 0.484. The Balaban J connectivity index is 0.00000112. The van der Waals surface area contributed by atoms with Gasteiger partial charge in [0.05, 0.1) is 12.9 Å². The third-order valence-electron chi connectivity index (χ3n) is 2.11. The largest absolute Gasteiger partial charge is 1.00 e. The Bertz CT molecular complexity index is 412. The Labute approximate surface area is 102 Å². The Morgan fingerprint density at radius 1 is 1.00 bits per heavy atom. The zero-order valence-electron chi connectivity index (χ0n) is 9.03. The topological polar surface area (TPSA) is 9.23 Å². The molecule has 0 saturated carbocycles. The molecular formula is C13H11LiO. The molecule has 2 aromatic carbocycles. The average Bonchev–Trinajstić information content (AvgIpc) is 2.30. The van der Waals surface area contributed by atoms with Crippen molar-refractivity contribution in [1.82, 2.24) is 0 Å². The fourth-order valence-corrected chi connectivity index (χ4v) is 1.43. The molecule has 0 bridgehead atoms. The van der Waals surface area contributed by atoms with E-state index in [1.54, 1.807) is 7.11 Å². The van der Waals surface area contributed by atoms with Crippen molar-refractivity contribution in [3.05, 3.63) is 54.6 Å². The summed E-state index contributed by atoms with van der Waals surface area (Å²) in [5, 5.41) is 0. The molecule has 70 valence electrons. The summed E-state index contributed by atoms with van der Waals surface area (Å²) >= 11 is 0. The van der Waals surface area contributed by atoms with E-state index in [2.05, 4.69) is 6.07 Å². The third kappa shape index (κ3) is 2.65. The molecule has 2 heteroatoms. The molecule has 0 radical (unpaired) electrons. The van der Waals surface area contributed by atoms with Crippen molar-refractivity contribution in [3.63, 3.8) is 0 Å². The molecule has 1 nitrogen and oxygen atoms in total. The van der Waals surface area contributed by atoms with Crippen LogP contribution in [0.3, 0.4) is 0 Å². The molecular weight excluding hydrogens is 179 g/mol. The minimum absolute atomic E-state index is 0. The maximum atomic E-state index is 5.28. The van der Waals surface area contributed by atoms with E-state index in [4.69, 9.17) is 4.74 Å². The Kier molecular flexibility index (Phi) is 4.49. The van der Waals surface area contributed by atoms with Crippen LogP contribution in [0.25, 0.3) is 11.1 Å². The maximum absolute atomic E-state index is 5.28. The van der Waals surface area contributed by atoms with E-state index < -0.39 is 0 Å². The molecule has 0 fully saturated rings. The van der Waals surface area contributed by atoms with E-state index in [1.807, 2.05) is 48.5 Å². The van der Waals surface area contributed by atoms with Crippen LogP contribution in [0, 0.1) is 6.07 Å². The first-order valence-corrected chi connectivity index (χ1v) is 4.52. The van der Waals surface area contributed by atoms with Crippen molar-refractivity contribution in [2.24, 2.45) is 0 Å². The average molecular weight is 190 g/mol. The standard InChI is InChI=1S/C13H11O.Li/c1-14-13-10-6-5-9-12(13)11-7-3-2-4-8-11;/h2-7,9-10H,1H3;/q-1;+1. The van der Waals surface area contributed by atoms with Crippen LogP contribution in [0.1, 0.15) is 0 Å². The predicted molar refractivity (Wildman–Crippen MR) is 57.3 cm³/mol. The second kappa shape index (κ2) is 5.65. The van der Waals surface area contributed by atoms with Gasteiger partial charge in [0.15, 0.2) is 0 Å². The fraction of sp³-hybridized carbons (Fsp3) is 0.0769. The summed E-state index contributed by atoms with van der Waals surface area (Å²) < 4.78 is 5.28. The fourth-order valence-electron chi connectivity index (χ4n) is 1.43. The van der Waals surface area contributed by atoms with Gasteiger partial charge in [-0.15, -0.1) is 35.9 Å². The van der Waals surface area contributed by atoms with E-state index in [9.17, 15) is 0 Å². The van der Waals surface area contributed by atoms with Gasteiger partial charge in [-0.2, -0.15) is 0 Å². The molecule has 2 rings (SSSR count). The van der Waals surface area contributed by atoms with Gasteiger partial charge < -0.3 is 4.74 Å². The number of hydrogen-bond donors (Lipinski definition) is 0. The van der Waals surface area contributed by atoms with Crippen LogP contribution in [0.2, 0.25) is 0 Å². The summed E-state index contributed by atoms with van der Waals surface area (Å²) in [6.45, 7) is 0. The van der Waals surface area contributed by atoms with Crippen LogP contribution in [0.5, 0.6) is 5.75 Å². The van der Waals surface area contributed by atoms with Gasteiger partial charge in [0, 0.05) is 0 Å². The van der Waals surface area contributed by atoms with Gasteiger partial charge in [0.25, 0.3) is 0 Å². The molecule has 0 spiro atoms. The van der Waals surface area contributed by atoms with Crippen molar-refractivity contribution in [2.75, 3.05) is 7.11 Å². The van der Waals surface area contributed by atoms with Gasteiger partial charge in [-0.1, -0.05) is 23.8 Å². The van der Waals surface area contributed by atoms with Crippen LogP contribution < -0.4 is 23.6 Å². The van der Waals surface area contributed by atoms with E-state index in [-0.39, 0.29) is 18.9 Å². The third-order valence-corrected chi connectivity index (χ3v) is 2.11. The number of rotatable bonds is 2. The summed E-state index contributed by atoms with van der Waals surface area (Å²) in [4.78, 5) is 0. The van der Waals surface area contributed by atoms with E-state index in [0.29, 0.717) is 0 Å². The second-order valence-electron chi connectivity index (χ2n) is 2.98. The van der Waals surface area contributed by atoms with Gasteiger partial charge in [-0.25, -0.2) is 0 Å². The summed E-state index contributed by atoms with van der Waals surface area (Å²) in [6.07, 6.45) is 0. The number of ether oxygens (including phenoxy) is 1. The van der Waals surface area contributed by atoms with E-state index in [1.165, 1.54) is 0 Å². The number of methoxy groups -OCH3 is 1. The Hall–Kier alpha value is -1.16. The molecule has 0 aromatic heterocycles. The first kappa shape index (κ1) is 11.9. The Morgan fingerprint density at radius 3 is 2.40 bits per heavy atom. The van der Waals surface area contributed by atoms with E-state index >= 15 is 0 Å². The zero-order chi connectivity index (χ0) is 9.80. The number of benzene rings is 2. The van der Waals surface area contributed by atoms with Crippen LogP contribution in [0.15, 0.2) is 48.5 Å². The van der Waals surface area contributed by atoms with Gasteiger partial charge in [0.1, 0.15) is 0 Å². The van der Waals surface area contributed by atoms with Crippen LogP contribution in [0.4, 0.5) is 0 Å². The SMILES string of the molecule is COc1ccccc1-c1[c-]cccc1.[Li+].